The van der Waals surface area contributed by atoms with Crippen LogP contribution in [-0.4, -0.2) is 32.7 Å². The van der Waals surface area contributed by atoms with Gasteiger partial charge in [0, 0.05) is 25.9 Å². The summed E-state index contributed by atoms with van der Waals surface area (Å²) in [6.07, 6.45) is 2.68. The summed E-state index contributed by atoms with van der Waals surface area (Å²) < 4.78 is 10.5. The minimum atomic E-state index is -0.119. The number of methoxy groups -OCH3 is 1. The zero-order valence-corrected chi connectivity index (χ0v) is 12.6. The maximum Gasteiger partial charge on any atom is 0.246 e. The van der Waals surface area contributed by atoms with Crippen LogP contribution in [0.2, 0.25) is 0 Å². The Kier molecular flexibility index (Phi) is 4.44. The van der Waals surface area contributed by atoms with E-state index in [0.29, 0.717) is 6.54 Å². The number of nitrogens with zero attached hydrogens (tertiary/aromatic N) is 1. The fraction of sp³-hybridized carbons (Fsp3) is 0.353. The first-order chi connectivity index (χ1) is 10.8. The Morgan fingerprint density at radius 2 is 2.23 bits per heavy atom. The van der Waals surface area contributed by atoms with E-state index in [2.05, 4.69) is 28.4 Å². The van der Waals surface area contributed by atoms with Crippen LogP contribution in [0, 0.1) is 0 Å². The largest absolute Gasteiger partial charge is 0.467 e. The number of hydrogen-bond donors (Lipinski definition) is 1. The van der Waals surface area contributed by atoms with Crippen LogP contribution in [0.1, 0.15) is 17.4 Å². The van der Waals surface area contributed by atoms with Crippen LogP contribution in [0.4, 0.5) is 5.69 Å². The molecule has 0 bridgehead atoms. The molecular formula is C17H20N2O3. The smallest absolute Gasteiger partial charge is 0.246 e. The third kappa shape index (κ3) is 2.99. The fourth-order valence-electron chi connectivity index (χ4n) is 2.93. The summed E-state index contributed by atoms with van der Waals surface area (Å²) in [4.78, 5) is 14.0. The number of anilines is 1. The maximum absolute atomic E-state index is 11.7. The molecule has 5 heteroatoms. The highest BCUT2D eigenvalue weighted by molar-refractivity contribution is 5.77. The molecule has 1 aliphatic rings. The average Bonchev–Trinajstić information content (AvgIpc) is 3.18. The van der Waals surface area contributed by atoms with Crippen molar-refractivity contribution in [2.75, 3.05) is 31.7 Å². The van der Waals surface area contributed by atoms with Crippen molar-refractivity contribution in [2.24, 2.45) is 0 Å². The van der Waals surface area contributed by atoms with Gasteiger partial charge in [-0.15, -0.1) is 0 Å². The lowest BCUT2D eigenvalue weighted by molar-refractivity contribution is -0.124. The van der Waals surface area contributed by atoms with E-state index in [-0.39, 0.29) is 18.6 Å². The van der Waals surface area contributed by atoms with Crippen molar-refractivity contribution in [1.82, 2.24) is 5.32 Å². The monoisotopic (exact) mass is 300 g/mol. The number of amides is 1. The number of ether oxygens (including phenoxy) is 1. The van der Waals surface area contributed by atoms with Gasteiger partial charge in [0.2, 0.25) is 5.91 Å². The fourth-order valence-corrected chi connectivity index (χ4v) is 2.93. The van der Waals surface area contributed by atoms with Crippen molar-refractivity contribution in [3.05, 3.63) is 54.0 Å². The molecule has 0 spiro atoms. The Hall–Kier alpha value is -2.27. The predicted molar refractivity (Wildman–Crippen MR) is 83.8 cm³/mol. The van der Waals surface area contributed by atoms with Crippen LogP contribution >= 0.6 is 0 Å². The molecule has 1 atom stereocenters. The van der Waals surface area contributed by atoms with E-state index >= 15 is 0 Å². The van der Waals surface area contributed by atoms with E-state index in [9.17, 15) is 4.79 Å². The molecule has 1 aromatic heterocycles. The van der Waals surface area contributed by atoms with Crippen molar-refractivity contribution < 1.29 is 13.9 Å². The number of furan rings is 1. The summed E-state index contributed by atoms with van der Waals surface area (Å²) in [5.41, 5.74) is 2.55. The average molecular weight is 300 g/mol. The molecule has 2 heterocycles. The molecule has 3 rings (SSSR count). The Morgan fingerprint density at radius 3 is 3.00 bits per heavy atom. The number of fused-ring (bicyclic) bond motifs is 1. The second-order valence-corrected chi connectivity index (χ2v) is 5.34. The van der Waals surface area contributed by atoms with Crippen LogP contribution in [0.25, 0.3) is 0 Å². The van der Waals surface area contributed by atoms with E-state index in [4.69, 9.17) is 9.15 Å². The van der Waals surface area contributed by atoms with Crippen LogP contribution in [-0.2, 0) is 16.0 Å². The van der Waals surface area contributed by atoms with Crippen LogP contribution < -0.4 is 10.2 Å². The normalized spacial score (nSPS) is 14.7. The van der Waals surface area contributed by atoms with Gasteiger partial charge in [-0.25, -0.2) is 0 Å². The highest BCUT2D eigenvalue weighted by atomic mass is 16.5. The summed E-state index contributed by atoms with van der Waals surface area (Å²) >= 11 is 0. The summed E-state index contributed by atoms with van der Waals surface area (Å²) in [5.74, 6) is 0.737. The Balaban J connectivity index is 1.80. The summed E-state index contributed by atoms with van der Waals surface area (Å²) in [7, 11) is 1.51. The minimum Gasteiger partial charge on any atom is -0.467 e. The molecule has 1 aliphatic heterocycles. The molecule has 1 N–H and O–H groups in total. The van der Waals surface area contributed by atoms with Crippen molar-refractivity contribution >= 4 is 11.6 Å². The van der Waals surface area contributed by atoms with Gasteiger partial charge in [-0.05, 0) is 30.2 Å². The van der Waals surface area contributed by atoms with E-state index in [0.717, 1.165) is 18.7 Å². The molecule has 1 aromatic carbocycles. The second-order valence-electron chi connectivity index (χ2n) is 5.34. The molecule has 0 saturated carbocycles. The molecular weight excluding hydrogens is 280 g/mol. The van der Waals surface area contributed by atoms with E-state index in [1.54, 1.807) is 6.26 Å². The molecule has 0 aliphatic carbocycles. The predicted octanol–water partition coefficient (Wildman–Crippen LogP) is 2.15. The number of benzene rings is 1. The SMILES string of the molecule is COCC(=O)NC[C@H](c1ccco1)N1CCc2ccccc21. The summed E-state index contributed by atoms with van der Waals surface area (Å²) in [6, 6.07) is 12.2. The molecule has 1 amide bonds. The van der Waals surface area contributed by atoms with Gasteiger partial charge in [0.25, 0.3) is 0 Å². The van der Waals surface area contributed by atoms with Gasteiger partial charge in [-0.1, -0.05) is 18.2 Å². The third-order valence-corrected chi connectivity index (χ3v) is 3.94. The molecule has 0 saturated heterocycles. The topological polar surface area (TPSA) is 54.7 Å². The Morgan fingerprint density at radius 1 is 1.36 bits per heavy atom. The zero-order chi connectivity index (χ0) is 15.4. The lowest BCUT2D eigenvalue weighted by atomic mass is 10.1. The highest BCUT2D eigenvalue weighted by Crippen LogP contribution is 2.34. The molecule has 116 valence electrons. The number of carbonyl (C=O) groups excluding carboxylic acids is 1. The van der Waals surface area contributed by atoms with Gasteiger partial charge in [-0.3, -0.25) is 4.79 Å². The number of hydrogen-bond acceptors (Lipinski definition) is 4. The summed E-state index contributed by atoms with van der Waals surface area (Å²) in [6.45, 7) is 1.48. The Labute approximate surface area is 129 Å². The van der Waals surface area contributed by atoms with E-state index in [1.165, 1.54) is 18.4 Å². The maximum atomic E-state index is 11.7. The van der Waals surface area contributed by atoms with Gasteiger partial charge in [-0.2, -0.15) is 0 Å². The van der Waals surface area contributed by atoms with Gasteiger partial charge in [0.05, 0.1) is 6.26 Å². The van der Waals surface area contributed by atoms with Crippen molar-refractivity contribution in [3.8, 4) is 0 Å². The van der Waals surface area contributed by atoms with Crippen LogP contribution in [0.5, 0.6) is 0 Å². The van der Waals surface area contributed by atoms with Crippen LogP contribution in [0.15, 0.2) is 47.1 Å². The van der Waals surface area contributed by atoms with E-state index < -0.39 is 0 Å². The second kappa shape index (κ2) is 6.66. The lowest BCUT2D eigenvalue weighted by Gasteiger charge is -2.29. The first-order valence-electron chi connectivity index (χ1n) is 7.43. The molecule has 22 heavy (non-hydrogen) atoms. The molecule has 2 aromatic rings. The minimum absolute atomic E-state index is 0.0144. The number of para-hydroxylation sites is 1. The Bertz CT molecular complexity index is 625. The first kappa shape index (κ1) is 14.7. The molecule has 5 nitrogen and oxygen atoms in total. The zero-order valence-electron chi connectivity index (χ0n) is 12.6. The van der Waals surface area contributed by atoms with Gasteiger partial charge >= 0.3 is 0 Å². The van der Waals surface area contributed by atoms with Crippen LogP contribution in [0.3, 0.4) is 0 Å². The lowest BCUT2D eigenvalue weighted by Crippen LogP contribution is -2.38. The first-order valence-corrected chi connectivity index (χ1v) is 7.43. The molecule has 0 unspecified atom stereocenters. The number of rotatable bonds is 6. The summed E-state index contributed by atoms with van der Waals surface area (Å²) in [5, 5.41) is 2.91. The third-order valence-electron chi connectivity index (χ3n) is 3.94. The van der Waals surface area contributed by atoms with Crippen molar-refractivity contribution in [3.63, 3.8) is 0 Å². The van der Waals surface area contributed by atoms with Crippen molar-refractivity contribution in [2.45, 2.75) is 12.5 Å². The molecule has 0 fully saturated rings. The van der Waals surface area contributed by atoms with E-state index in [1.807, 2.05) is 18.2 Å². The van der Waals surface area contributed by atoms with Crippen molar-refractivity contribution in [1.29, 1.82) is 0 Å². The quantitative estimate of drug-likeness (QED) is 0.888. The molecule has 0 radical (unpaired) electrons. The highest BCUT2D eigenvalue weighted by Gasteiger charge is 2.28. The number of carbonyl (C=O) groups is 1. The van der Waals surface area contributed by atoms with Gasteiger partial charge in [0.15, 0.2) is 0 Å². The van der Waals surface area contributed by atoms with Gasteiger partial charge < -0.3 is 19.4 Å². The van der Waals surface area contributed by atoms with Gasteiger partial charge in [0.1, 0.15) is 18.4 Å². The number of nitrogens with one attached hydrogen (secondary N) is 1. The standard InChI is InChI=1S/C17H20N2O3/c1-21-12-17(20)18-11-15(16-7-4-10-22-16)19-9-8-13-5-2-3-6-14(13)19/h2-7,10,15H,8-9,11-12H2,1H3,(H,18,20)/t15-/m1/s1.